The lowest BCUT2D eigenvalue weighted by atomic mass is 9.94. The molecular weight excluding hydrogens is 502 g/mol. The number of rotatable bonds is 13. The van der Waals surface area contributed by atoms with Gasteiger partial charge in [-0.1, -0.05) is 64.0 Å². The predicted molar refractivity (Wildman–Crippen MR) is 162 cm³/mol. The minimum absolute atomic E-state index is 0.0561. The van der Waals surface area contributed by atoms with Gasteiger partial charge >= 0.3 is 5.97 Å². The summed E-state index contributed by atoms with van der Waals surface area (Å²) in [6.45, 7) is 11.0. The molecule has 2 unspecified atom stereocenters. The molecule has 1 aliphatic carbocycles. The van der Waals surface area contributed by atoms with Gasteiger partial charge in [0.25, 0.3) is 5.56 Å². The number of carbonyl (C=O) groups is 2. The van der Waals surface area contributed by atoms with Crippen molar-refractivity contribution in [2.24, 2.45) is 0 Å². The Morgan fingerprint density at radius 2 is 1.65 bits per heavy atom. The van der Waals surface area contributed by atoms with Crippen molar-refractivity contribution >= 4 is 22.8 Å². The topological polar surface area (TPSA) is 81.5 Å². The molecule has 1 aromatic carbocycles. The van der Waals surface area contributed by atoms with Gasteiger partial charge in [0.1, 0.15) is 0 Å². The monoisotopic (exact) mass is 553 g/mol. The third-order valence-corrected chi connectivity index (χ3v) is 8.36. The summed E-state index contributed by atoms with van der Waals surface area (Å²) in [4.78, 5) is 46.1. The number of ketones is 1. The third-order valence-electron chi connectivity index (χ3n) is 8.36. The molecule has 0 bridgehead atoms. The van der Waals surface area contributed by atoms with Crippen LogP contribution in [0.15, 0.2) is 29.1 Å². The molecule has 1 heterocycles. The Hall–Kier alpha value is -2.54. The number of aromatic nitrogens is 2. The molecule has 0 spiro atoms. The Kier molecular flexibility index (Phi) is 12.8. The summed E-state index contributed by atoms with van der Waals surface area (Å²) in [6, 6.07) is 8.75. The van der Waals surface area contributed by atoms with Crippen molar-refractivity contribution in [1.82, 2.24) is 14.5 Å². The quantitative estimate of drug-likeness (QED) is 0.192. The molecule has 1 aromatic heterocycles. The number of Topliss-reactive ketones (excluding diaryl/α,β-unsaturated/α-hetero) is 1. The summed E-state index contributed by atoms with van der Waals surface area (Å²) in [5.41, 5.74) is 0.918. The van der Waals surface area contributed by atoms with Crippen molar-refractivity contribution in [1.29, 1.82) is 0 Å². The summed E-state index contributed by atoms with van der Waals surface area (Å²) in [5, 5.41) is 0. The third kappa shape index (κ3) is 8.48. The SMILES string of the molecule is CCCC(CC(C)n1c(=O)c(C(=O)CCC(=O)OCC)nc2ccccc21)N(C(C)C)C1CCCCCCCC1. The molecule has 222 valence electrons. The number of benzene rings is 1. The van der Waals surface area contributed by atoms with Gasteiger partial charge in [-0.3, -0.25) is 19.3 Å². The van der Waals surface area contributed by atoms with Crippen LogP contribution in [-0.2, 0) is 9.53 Å². The number of para-hydroxylation sites is 2. The molecule has 0 aliphatic heterocycles. The van der Waals surface area contributed by atoms with Crippen LogP contribution in [0.2, 0.25) is 0 Å². The Morgan fingerprint density at radius 1 is 1.00 bits per heavy atom. The second-order valence-electron chi connectivity index (χ2n) is 11.8. The van der Waals surface area contributed by atoms with Crippen LogP contribution in [0.3, 0.4) is 0 Å². The zero-order chi connectivity index (χ0) is 29.1. The summed E-state index contributed by atoms with van der Waals surface area (Å²) >= 11 is 0. The summed E-state index contributed by atoms with van der Waals surface area (Å²) in [5.74, 6) is -0.851. The highest BCUT2D eigenvalue weighted by Crippen LogP contribution is 2.30. The fourth-order valence-corrected chi connectivity index (χ4v) is 6.61. The van der Waals surface area contributed by atoms with E-state index >= 15 is 0 Å². The van der Waals surface area contributed by atoms with Gasteiger partial charge in [-0.2, -0.15) is 0 Å². The van der Waals surface area contributed by atoms with Crippen LogP contribution in [-0.4, -0.2) is 50.9 Å². The van der Waals surface area contributed by atoms with Crippen molar-refractivity contribution in [2.45, 2.75) is 142 Å². The summed E-state index contributed by atoms with van der Waals surface area (Å²) in [7, 11) is 0. The van der Waals surface area contributed by atoms with Gasteiger partial charge in [-0.25, -0.2) is 4.98 Å². The lowest BCUT2D eigenvalue weighted by molar-refractivity contribution is -0.143. The molecular formula is C33H51N3O4. The fourth-order valence-electron chi connectivity index (χ4n) is 6.61. The zero-order valence-electron chi connectivity index (χ0n) is 25.5. The molecule has 1 saturated carbocycles. The predicted octanol–water partition coefficient (Wildman–Crippen LogP) is 7.26. The molecule has 0 amide bonds. The van der Waals surface area contributed by atoms with E-state index in [2.05, 4.69) is 37.6 Å². The van der Waals surface area contributed by atoms with E-state index in [0.717, 1.165) is 24.8 Å². The number of hydrogen-bond acceptors (Lipinski definition) is 6. The van der Waals surface area contributed by atoms with Crippen molar-refractivity contribution < 1.29 is 14.3 Å². The molecule has 7 heteroatoms. The summed E-state index contributed by atoms with van der Waals surface area (Å²) < 4.78 is 6.75. The Balaban J connectivity index is 1.94. The van der Waals surface area contributed by atoms with E-state index in [-0.39, 0.29) is 36.7 Å². The largest absolute Gasteiger partial charge is 0.466 e. The van der Waals surface area contributed by atoms with Crippen LogP contribution in [0.4, 0.5) is 0 Å². The van der Waals surface area contributed by atoms with Gasteiger partial charge in [0, 0.05) is 30.6 Å². The molecule has 7 nitrogen and oxygen atoms in total. The van der Waals surface area contributed by atoms with Crippen LogP contribution in [0.25, 0.3) is 11.0 Å². The lowest BCUT2D eigenvalue weighted by Gasteiger charge is -2.42. The Bertz CT molecular complexity index is 1150. The van der Waals surface area contributed by atoms with Gasteiger partial charge in [0.2, 0.25) is 0 Å². The maximum absolute atomic E-state index is 13.9. The van der Waals surface area contributed by atoms with Crippen LogP contribution < -0.4 is 5.56 Å². The lowest BCUT2D eigenvalue weighted by Crippen LogP contribution is -2.48. The molecule has 1 fully saturated rings. The van der Waals surface area contributed by atoms with Gasteiger partial charge in [0.15, 0.2) is 11.5 Å². The number of ether oxygens (including phenoxy) is 1. The van der Waals surface area contributed by atoms with E-state index in [4.69, 9.17) is 4.74 Å². The normalized spacial score (nSPS) is 16.9. The Labute approximate surface area is 240 Å². The molecule has 0 N–H and O–H groups in total. The van der Waals surface area contributed by atoms with E-state index in [1.54, 1.807) is 11.5 Å². The first-order valence-electron chi connectivity index (χ1n) is 15.8. The first-order chi connectivity index (χ1) is 19.3. The highest BCUT2D eigenvalue weighted by Gasteiger charge is 2.31. The van der Waals surface area contributed by atoms with E-state index in [1.165, 1.54) is 51.4 Å². The highest BCUT2D eigenvalue weighted by molar-refractivity contribution is 5.97. The second-order valence-corrected chi connectivity index (χ2v) is 11.8. The van der Waals surface area contributed by atoms with Crippen molar-refractivity contribution in [2.75, 3.05) is 6.61 Å². The van der Waals surface area contributed by atoms with Crippen LogP contribution >= 0.6 is 0 Å². The number of hydrogen-bond donors (Lipinski definition) is 0. The number of fused-ring (bicyclic) bond motifs is 1. The van der Waals surface area contributed by atoms with Crippen molar-refractivity contribution in [3.05, 3.63) is 40.3 Å². The average molecular weight is 554 g/mol. The number of nitrogens with zero attached hydrogens (tertiary/aromatic N) is 3. The Morgan fingerprint density at radius 3 is 2.27 bits per heavy atom. The molecule has 0 saturated heterocycles. The van der Waals surface area contributed by atoms with Crippen molar-refractivity contribution in [3.63, 3.8) is 0 Å². The number of carbonyl (C=O) groups excluding carboxylic acids is 2. The fraction of sp³-hybridized carbons (Fsp3) is 0.697. The molecule has 1 aliphatic rings. The standard InChI is InChI=1S/C33H51N3O4/c1-6-16-27(35(24(3)4)26-17-12-10-8-9-11-13-18-26)23-25(5)36-29-20-15-14-19-28(29)34-32(33(36)39)30(37)21-22-31(38)40-7-2/h14-15,19-20,24-27H,6-13,16-18,21-23H2,1-5H3. The molecule has 40 heavy (non-hydrogen) atoms. The van der Waals surface area contributed by atoms with Crippen LogP contribution in [0.1, 0.15) is 135 Å². The first kappa shape index (κ1) is 32.0. The first-order valence-corrected chi connectivity index (χ1v) is 15.8. The molecule has 2 atom stereocenters. The van der Waals surface area contributed by atoms with Crippen molar-refractivity contribution in [3.8, 4) is 0 Å². The van der Waals surface area contributed by atoms with Gasteiger partial charge < -0.3 is 9.30 Å². The van der Waals surface area contributed by atoms with Gasteiger partial charge in [-0.05, 0) is 65.5 Å². The van der Waals surface area contributed by atoms with Gasteiger partial charge in [-0.15, -0.1) is 0 Å². The molecule has 2 aromatic rings. The highest BCUT2D eigenvalue weighted by atomic mass is 16.5. The average Bonchev–Trinajstić information content (AvgIpc) is 3.06. The minimum atomic E-state index is -0.438. The smallest absolute Gasteiger partial charge is 0.306 e. The zero-order valence-corrected chi connectivity index (χ0v) is 25.5. The molecule has 0 radical (unpaired) electrons. The van der Waals surface area contributed by atoms with E-state index in [0.29, 0.717) is 23.6 Å². The van der Waals surface area contributed by atoms with Crippen LogP contribution in [0, 0.1) is 0 Å². The summed E-state index contributed by atoms with van der Waals surface area (Å²) in [6.07, 6.45) is 13.2. The van der Waals surface area contributed by atoms with E-state index in [1.807, 2.05) is 24.3 Å². The minimum Gasteiger partial charge on any atom is -0.466 e. The second kappa shape index (κ2) is 16.0. The van der Waals surface area contributed by atoms with Gasteiger partial charge in [0.05, 0.1) is 24.1 Å². The maximum atomic E-state index is 13.9. The maximum Gasteiger partial charge on any atom is 0.306 e. The van der Waals surface area contributed by atoms with E-state index < -0.39 is 11.8 Å². The number of esters is 1. The van der Waals surface area contributed by atoms with Crippen LogP contribution in [0.5, 0.6) is 0 Å². The van der Waals surface area contributed by atoms with E-state index in [9.17, 15) is 14.4 Å². The molecule has 3 rings (SSSR count).